The molecule has 0 aromatic heterocycles. The Kier molecular flexibility index (Phi) is 3.26. The van der Waals surface area contributed by atoms with Gasteiger partial charge in [-0.15, -0.1) is 0 Å². The van der Waals surface area contributed by atoms with Crippen molar-refractivity contribution in [2.75, 3.05) is 0 Å². The van der Waals surface area contributed by atoms with Gasteiger partial charge in [0.05, 0.1) is 6.10 Å². The molecule has 1 N–H and O–H groups in total. The molecule has 0 amide bonds. The standard InChI is InChI=1S/C12H24O/c1-5-6-11-7-8(2)9(3)10(4)12(11)13/h8-13H,5-7H2,1-4H3/t8?,9?,10?,11-,12-/m1/s1/i9D. The minimum absolute atomic E-state index is 0.0998. The van der Waals surface area contributed by atoms with Crippen molar-refractivity contribution in [3.05, 3.63) is 0 Å². The number of aliphatic hydroxyl groups is 1. The second-order valence-electron chi connectivity index (χ2n) is 4.71. The normalized spacial score (nSPS) is 53.2. The van der Waals surface area contributed by atoms with Gasteiger partial charge < -0.3 is 5.11 Å². The lowest BCUT2D eigenvalue weighted by molar-refractivity contribution is -0.0285. The number of hydrogen-bond acceptors (Lipinski definition) is 1. The first kappa shape index (κ1) is 9.51. The van der Waals surface area contributed by atoms with Crippen molar-refractivity contribution in [2.45, 2.75) is 53.1 Å². The second-order valence-corrected chi connectivity index (χ2v) is 4.71. The van der Waals surface area contributed by atoms with Gasteiger partial charge in [0.15, 0.2) is 0 Å². The van der Waals surface area contributed by atoms with E-state index < -0.39 is 5.89 Å². The molecule has 1 nitrogen and oxygen atoms in total. The highest BCUT2D eigenvalue weighted by molar-refractivity contribution is 4.86. The van der Waals surface area contributed by atoms with Crippen LogP contribution in [-0.4, -0.2) is 11.2 Å². The molecule has 13 heavy (non-hydrogen) atoms. The Morgan fingerprint density at radius 1 is 1.38 bits per heavy atom. The highest BCUT2D eigenvalue weighted by Crippen LogP contribution is 2.39. The number of aliphatic hydroxyl groups excluding tert-OH is 1. The largest absolute Gasteiger partial charge is 0.393 e. The average Bonchev–Trinajstić information content (AvgIpc) is 2.12. The van der Waals surface area contributed by atoms with Gasteiger partial charge in [-0.05, 0) is 36.5 Å². The van der Waals surface area contributed by atoms with Gasteiger partial charge in [-0.1, -0.05) is 34.1 Å². The fraction of sp³-hybridized carbons (Fsp3) is 1.00. The quantitative estimate of drug-likeness (QED) is 0.701. The Labute approximate surface area is 83.9 Å². The van der Waals surface area contributed by atoms with Crippen molar-refractivity contribution in [2.24, 2.45) is 23.6 Å². The van der Waals surface area contributed by atoms with E-state index >= 15 is 0 Å². The maximum Gasteiger partial charge on any atom is 0.0596 e. The number of rotatable bonds is 2. The molecule has 3 unspecified atom stereocenters. The van der Waals surface area contributed by atoms with Crippen LogP contribution in [0.4, 0.5) is 0 Å². The molecule has 1 aliphatic carbocycles. The SMILES string of the molecule is [2H]C1(C)C(C)C[C@@H](CCC)[C@H](O)C1C. The summed E-state index contributed by atoms with van der Waals surface area (Å²) in [5.74, 6) is 0.465. The van der Waals surface area contributed by atoms with E-state index in [-0.39, 0.29) is 12.0 Å². The minimum Gasteiger partial charge on any atom is -0.393 e. The van der Waals surface area contributed by atoms with Crippen LogP contribution in [0.25, 0.3) is 0 Å². The first-order valence-electron chi connectivity index (χ1n) is 6.09. The molecule has 1 heteroatoms. The zero-order valence-corrected chi connectivity index (χ0v) is 9.38. The molecule has 78 valence electrons. The van der Waals surface area contributed by atoms with E-state index in [1.165, 1.54) is 0 Å². The predicted octanol–water partition coefficient (Wildman–Crippen LogP) is 3.08. The Balaban J connectivity index is 2.73. The maximum absolute atomic E-state index is 10.1. The van der Waals surface area contributed by atoms with E-state index in [0.29, 0.717) is 11.8 Å². The molecule has 1 saturated carbocycles. The maximum atomic E-state index is 10.1. The molecule has 0 saturated heterocycles. The van der Waals surface area contributed by atoms with Crippen molar-refractivity contribution in [1.82, 2.24) is 0 Å². The monoisotopic (exact) mass is 185 g/mol. The molecule has 0 radical (unpaired) electrons. The van der Waals surface area contributed by atoms with E-state index in [1.807, 2.05) is 13.8 Å². The summed E-state index contributed by atoms with van der Waals surface area (Å²) in [4.78, 5) is 0. The van der Waals surface area contributed by atoms with Gasteiger partial charge in [-0.25, -0.2) is 0 Å². The van der Waals surface area contributed by atoms with Gasteiger partial charge in [0.2, 0.25) is 0 Å². The summed E-state index contributed by atoms with van der Waals surface area (Å²) >= 11 is 0. The lowest BCUT2D eigenvalue weighted by Crippen LogP contribution is -2.40. The highest BCUT2D eigenvalue weighted by atomic mass is 16.3. The average molecular weight is 185 g/mol. The van der Waals surface area contributed by atoms with Gasteiger partial charge in [0.1, 0.15) is 0 Å². The van der Waals surface area contributed by atoms with E-state index in [0.717, 1.165) is 19.3 Å². The summed E-state index contributed by atoms with van der Waals surface area (Å²) in [5.41, 5.74) is 0. The topological polar surface area (TPSA) is 20.2 Å². The second kappa shape index (κ2) is 4.45. The summed E-state index contributed by atoms with van der Waals surface area (Å²) < 4.78 is 8.23. The lowest BCUT2D eigenvalue weighted by Gasteiger charge is -2.41. The highest BCUT2D eigenvalue weighted by Gasteiger charge is 2.36. The molecule has 1 aliphatic rings. The van der Waals surface area contributed by atoms with Crippen LogP contribution in [0, 0.1) is 23.6 Å². The van der Waals surface area contributed by atoms with Crippen molar-refractivity contribution >= 4 is 0 Å². The lowest BCUT2D eigenvalue weighted by atomic mass is 9.67. The third-order valence-electron chi connectivity index (χ3n) is 3.81. The first-order chi connectivity index (χ1) is 6.41. The van der Waals surface area contributed by atoms with E-state index in [9.17, 15) is 5.11 Å². The Morgan fingerprint density at radius 3 is 2.54 bits per heavy atom. The first-order valence-corrected chi connectivity index (χ1v) is 5.59. The molecule has 0 aliphatic heterocycles. The molecule has 0 heterocycles. The van der Waals surface area contributed by atoms with Gasteiger partial charge in [-0.2, -0.15) is 0 Å². The minimum atomic E-state index is -0.455. The Morgan fingerprint density at radius 2 is 2.00 bits per heavy atom. The Bertz CT molecular complexity index is 191. The third kappa shape index (κ3) is 2.25. The van der Waals surface area contributed by atoms with Crippen LogP contribution in [0.1, 0.15) is 48.3 Å². The van der Waals surface area contributed by atoms with Crippen LogP contribution < -0.4 is 0 Å². The van der Waals surface area contributed by atoms with Crippen LogP contribution in [0.15, 0.2) is 0 Å². The molecule has 1 rings (SSSR count). The van der Waals surface area contributed by atoms with Crippen molar-refractivity contribution in [3.8, 4) is 0 Å². The fourth-order valence-corrected chi connectivity index (χ4v) is 2.57. The van der Waals surface area contributed by atoms with E-state index in [2.05, 4.69) is 13.8 Å². The van der Waals surface area contributed by atoms with Crippen LogP contribution in [0.2, 0.25) is 0 Å². The van der Waals surface area contributed by atoms with Crippen LogP contribution in [-0.2, 0) is 0 Å². The fourth-order valence-electron chi connectivity index (χ4n) is 2.57. The zero-order valence-electron chi connectivity index (χ0n) is 10.4. The summed E-state index contributed by atoms with van der Waals surface area (Å²) in [7, 11) is 0. The van der Waals surface area contributed by atoms with Crippen molar-refractivity contribution in [3.63, 3.8) is 0 Å². The predicted molar refractivity (Wildman–Crippen MR) is 56.5 cm³/mol. The molecule has 0 aromatic carbocycles. The molecule has 1 fully saturated rings. The van der Waals surface area contributed by atoms with Gasteiger partial charge in [-0.3, -0.25) is 0 Å². The smallest absolute Gasteiger partial charge is 0.0596 e. The molecule has 0 bridgehead atoms. The molecule has 5 atom stereocenters. The van der Waals surface area contributed by atoms with Gasteiger partial charge in [0, 0.05) is 1.37 Å². The van der Waals surface area contributed by atoms with Crippen LogP contribution in [0.5, 0.6) is 0 Å². The van der Waals surface area contributed by atoms with Gasteiger partial charge in [0.25, 0.3) is 0 Å². The third-order valence-corrected chi connectivity index (χ3v) is 3.81. The van der Waals surface area contributed by atoms with E-state index in [4.69, 9.17) is 1.37 Å². The molecular weight excluding hydrogens is 160 g/mol. The number of hydrogen-bond donors (Lipinski definition) is 1. The van der Waals surface area contributed by atoms with Crippen molar-refractivity contribution in [1.29, 1.82) is 0 Å². The summed E-state index contributed by atoms with van der Waals surface area (Å²) in [6.45, 7) is 8.30. The van der Waals surface area contributed by atoms with E-state index in [1.54, 1.807) is 0 Å². The zero-order chi connectivity index (χ0) is 10.9. The van der Waals surface area contributed by atoms with Gasteiger partial charge >= 0.3 is 0 Å². The Hall–Kier alpha value is -0.0400. The summed E-state index contributed by atoms with van der Waals surface area (Å²) in [6, 6.07) is 0. The summed E-state index contributed by atoms with van der Waals surface area (Å²) in [6.07, 6.45) is 2.98. The molecule has 0 spiro atoms. The summed E-state index contributed by atoms with van der Waals surface area (Å²) in [5, 5.41) is 10.1. The van der Waals surface area contributed by atoms with Crippen molar-refractivity contribution < 1.29 is 6.48 Å². The molecule has 0 aromatic rings. The molecular formula is C12H24O. The van der Waals surface area contributed by atoms with Crippen LogP contribution in [0.3, 0.4) is 0 Å². The van der Waals surface area contributed by atoms with Crippen LogP contribution >= 0.6 is 0 Å².